The molecule has 0 aromatic heterocycles. The number of nitrogens with zero attached hydrogens (tertiary/aromatic N) is 2. The lowest BCUT2D eigenvalue weighted by molar-refractivity contribution is -0.129. The average Bonchev–Trinajstić information content (AvgIpc) is 2.70. The topological polar surface area (TPSA) is 124 Å². The van der Waals surface area contributed by atoms with Crippen molar-refractivity contribution in [2.45, 2.75) is 11.3 Å². The molecule has 112 valence electrons. The fourth-order valence-corrected chi connectivity index (χ4v) is 3.03. The van der Waals surface area contributed by atoms with E-state index in [4.69, 9.17) is 32.9 Å². The van der Waals surface area contributed by atoms with Crippen LogP contribution in [0.4, 0.5) is 5.69 Å². The van der Waals surface area contributed by atoms with Gasteiger partial charge in [-0.2, -0.15) is 18.5 Å². The first-order valence-electron chi connectivity index (χ1n) is 5.22. The minimum absolute atomic E-state index is 0.129. The number of carbonyl (C=O) groups excluding carboxylic acids is 1. The van der Waals surface area contributed by atoms with Gasteiger partial charge in [-0.1, -0.05) is 23.2 Å². The van der Waals surface area contributed by atoms with Gasteiger partial charge in [0.1, 0.15) is 10.6 Å². The summed E-state index contributed by atoms with van der Waals surface area (Å²) >= 11 is 11.7. The lowest BCUT2D eigenvalue weighted by Crippen LogP contribution is -2.21. The van der Waals surface area contributed by atoms with Gasteiger partial charge in [-0.3, -0.25) is 9.35 Å². The zero-order valence-electron chi connectivity index (χ0n) is 9.95. The molecule has 1 aliphatic heterocycles. The largest absolute Gasteiger partial charge is 0.477 e. The Labute approximate surface area is 128 Å². The van der Waals surface area contributed by atoms with E-state index in [-0.39, 0.29) is 10.7 Å². The Morgan fingerprint density at radius 2 is 1.95 bits per heavy atom. The summed E-state index contributed by atoms with van der Waals surface area (Å²) in [5.41, 5.74) is -0.751. The van der Waals surface area contributed by atoms with Gasteiger partial charge in [0, 0.05) is 0 Å². The molecule has 0 atom stereocenters. The molecule has 1 amide bonds. The highest BCUT2D eigenvalue weighted by molar-refractivity contribution is 7.86. The first-order valence-corrected chi connectivity index (χ1v) is 7.41. The van der Waals surface area contributed by atoms with E-state index in [1.54, 1.807) is 0 Å². The van der Waals surface area contributed by atoms with E-state index in [0.29, 0.717) is 5.01 Å². The zero-order valence-corrected chi connectivity index (χ0v) is 12.3. The third-order valence-electron chi connectivity index (χ3n) is 2.54. The van der Waals surface area contributed by atoms with Crippen LogP contribution in [0.1, 0.15) is 6.42 Å². The van der Waals surface area contributed by atoms with Crippen molar-refractivity contribution in [3.8, 4) is 0 Å². The lowest BCUT2D eigenvalue weighted by Gasteiger charge is -2.16. The van der Waals surface area contributed by atoms with Crippen molar-refractivity contribution in [3.05, 3.63) is 22.2 Å². The molecular weight excluding hydrogens is 347 g/mol. The standard InChI is InChI=1S/C10H6Cl2N2O6S/c11-4-1-2-6(21(18,19)20)8(12)9(4)14-7(15)3-5(13-14)10(16)17/h1-2H,3H2,(H,16,17)(H,18,19,20). The second-order valence-corrected chi connectivity index (χ2v) is 6.09. The van der Waals surface area contributed by atoms with Gasteiger partial charge < -0.3 is 5.11 Å². The number of amides is 1. The van der Waals surface area contributed by atoms with Crippen molar-refractivity contribution < 1.29 is 27.7 Å². The number of benzene rings is 1. The number of hydrogen-bond acceptors (Lipinski definition) is 5. The molecule has 0 aliphatic carbocycles. The van der Waals surface area contributed by atoms with Gasteiger partial charge in [-0.15, -0.1) is 0 Å². The van der Waals surface area contributed by atoms with E-state index in [9.17, 15) is 18.0 Å². The Morgan fingerprint density at radius 1 is 1.33 bits per heavy atom. The van der Waals surface area contributed by atoms with Crippen LogP contribution in [0.25, 0.3) is 0 Å². The first-order chi connectivity index (χ1) is 9.62. The monoisotopic (exact) mass is 352 g/mol. The Balaban J connectivity index is 2.65. The van der Waals surface area contributed by atoms with Crippen LogP contribution < -0.4 is 5.01 Å². The number of carbonyl (C=O) groups is 2. The second-order valence-electron chi connectivity index (χ2n) is 3.92. The van der Waals surface area contributed by atoms with Crippen molar-refractivity contribution in [2.24, 2.45) is 5.10 Å². The lowest BCUT2D eigenvalue weighted by atomic mass is 10.2. The zero-order chi connectivity index (χ0) is 15.9. The Hall–Kier alpha value is -1.68. The summed E-state index contributed by atoms with van der Waals surface area (Å²) in [6.07, 6.45) is -0.488. The fraction of sp³-hybridized carbons (Fsp3) is 0.100. The van der Waals surface area contributed by atoms with E-state index in [1.165, 1.54) is 0 Å². The van der Waals surface area contributed by atoms with Crippen LogP contribution in [0.2, 0.25) is 10.0 Å². The minimum atomic E-state index is -4.64. The molecule has 0 unspecified atom stereocenters. The van der Waals surface area contributed by atoms with Gasteiger partial charge in [0.05, 0.1) is 16.5 Å². The van der Waals surface area contributed by atoms with Crippen molar-refractivity contribution in [1.82, 2.24) is 0 Å². The molecule has 0 saturated carbocycles. The number of hydrogen-bond donors (Lipinski definition) is 2. The number of hydrazone groups is 1. The molecule has 21 heavy (non-hydrogen) atoms. The Bertz CT molecular complexity index is 789. The Morgan fingerprint density at radius 3 is 2.43 bits per heavy atom. The number of rotatable bonds is 3. The highest BCUT2D eigenvalue weighted by Gasteiger charge is 2.33. The van der Waals surface area contributed by atoms with E-state index in [2.05, 4.69) is 5.10 Å². The van der Waals surface area contributed by atoms with Crippen LogP contribution in [-0.4, -0.2) is 35.7 Å². The highest BCUT2D eigenvalue weighted by atomic mass is 35.5. The maximum atomic E-state index is 11.8. The number of anilines is 1. The van der Waals surface area contributed by atoms with Crippen molar-refractivity contribution in [2.75, 3.05) is 5.01 Å². The molecule has 1 aliphatic rings. The van der Waals surface area contributed by atoms with E-state index in [0.717, 1.165) is 12.1 Å². The van der Waals surface area contributed by atoms with Crippen LogP contribution in [0.3, 0.4) is 0 Å². The summed E-state index contributed by atoms with van der Waals surface area (Å²) in [5, 5.41) is 12.3. The minimum Gasteiger partial charge on any atom is -0.477 e. The van der Waals surface area contributed by atoms with E-state index >= 15 is 0 Å². The number of aliphatic carboxylic acids is 1. The van der Waals surface area contributed by atoms with E-state index in [1.807, 2.05) is 0 Å². The molecule has 8 nitrogen and oxygen atoms in total. The Kier molecular flexibility index (Phi) is 3.93. The highest BCUT2D eigenvalue weighted by Crippen LogP contribution is 2.39. The van der Waals surface area contributed by atoms with Gasteiger partial charge >= 0.3 is 5.97 Å². The number of halogens is 2. The molecule has 0 bridgehead atoms. The molecule has 11 heteroatoms. The molecule has 0 saturated heterocycles. The summed E-state index contributed by atoms with van der Waals surface area (Å²) in [5.74, 6) is -2.15. The fourth-order valence-electron chi connectivity index (χ4n) is 1.64. The average molecular weight is 353 g/mol. The van der Waals surface area contributed by atoms with Gasteiger partial charge in [-0.25, -0.2) is 4.79 Å². The predicted molar refractivity (Wildman–Crippen MR) is 73.5 cm³/mol. The summed E-state index contributed by atoms with van der Waals surface area (Å²) in [6, 6.07) is 2.04. The predicted octanol–water partition coefficient (Wildman–Crippen LogP) is 1.42. The molecule has 2 N–H and O–H groups in total. The van der Waals surface area contributed by atoms with Crippen LogP contribution >= 0.6 is 23.2 Å². The maximum absolute atomic E-state index is 11.8. The summed E-state index contributed by atoms with van der Waals surface area (Å²) < 4.78 is 31.4. The molecule has 1 aromatic carbocycles. The normalized spacial score (nSPS) is 15.3. The first kappa shape index (κ1) is 15.7. The smallest absolute Gasteiger partial charge is 0.352 e. The molecular formula is C10H6Cl2N2O6S. The number of carboxylic acid groups (broad SMARTS) is 1. The van der Waals surface area contributed by atoms with Gasteiger partial charge in [0.15, 0.2) is 5.71 Å². The quantitative estimate of drug-likeness (QED) is 0.792. The summed E-state index contributed by atoms with van der Waals surface area (Å²) in [4.78, 5) is 21.9. The maximum Gasteiger partial charge on any atom is 0.352 e. The van der Waals surface area contributed by atoms with Gasteiger partial charge in [0.2, 0.25) is 0 Å². The van der Waals surface area contributed by atoms with Crippen LogP contribution in [-0.2, 0) is 19.7 Å². The van der Waals surface area contributed by atoms with Gasteiger partial charge in [0.25, 0.3) is 16.0 Å². The molecule has 0 fully saturated rings. The second kappa shape index (κ2) is 5.26. The van der Waals surface area contributed by atoms with Crippen LogP contribution in [0, 0.1) is 0 Å². The summed E-state index contributed by atoms with van der Waals surface area (Å²) in [7, 11) is -4.64. The van der Waals surface area contributed by atoms with Crippen molar-refractivity contribution >= 4 is 56.6 Å². The SMILES string of the molecule is O=C(O)C1=NN(c2c(Cl)ccc(S(=O)(=O)O)c2Cl)C(=O)C1. The molecule has 1 heterocycles. The molecule has 2 rings (SSSR count). The van der Waals surface area contributed by atoms with Gasteiger partial charge in [-0.05, 0) is 12.1 Å². The number of carboxylic acids is 1. The molecule has 0 radical (unpaired) electrons. The van der Waals surface area contributed by atoms with Crippen LogP contribution in [0.5, 0.6) is 0 Å². The third kappa shape index (κ3) is 2.86. The van der Waals surface area contributed by atoms with E-state index < -0.39 is 44.0 Å². The van der Waals surface area contributed by atoms with Crippen molar-refractivity contribution in [1.29, 1.82) is 0 Å². The van der Waals surface area contributed by atoms with Crippen molar-refractivity contribution in [3.63, 3.8) is 0 Å². The third-order valence-corrected chi connectivity index (χ3v) is 4.24. The summed E-state index contributed by atoms with van der Waals surface area (Å²) in [6.45, 7) is 0. The molecule has 1 aromatic rings. The molecule has 0 spiro atoms. The van der Waals surface area contributed by atoms with Crippen LogP contribution in [0.15, 0.2) is 22.1 Å².